The van der Waals surface area contributed by atoms with Crippen molar-refractivity contribution in [1.29, 1.82) is 0 Å². The van der Waals surface area contributed by atoms with E-state index in [1.165, 1.54) is 12.3 Å². The molecular weight excluding hydrogens is 274 g/mol. The number of ether oxygens (including phenoxy) is 1. The van der Waals surface area contributed by atoms with Gasteiger partial charge in [-0.1, -0.05) is 5.92 Å². The molecule has 0 aliphatic carbocycles. The Morgan fingerprint density at radius 2 is 2.42 bits per heavy atom. The molecule has 8 heteroatoms. The number of alkyl halides is 1. The molecule has 0 saturated carbocycles. The molecule has 0 spiro atoms. The van der Waals surface area contributed by atoms with Crippen LogP contribution in [0.15, 0.2) is 17.1 Å². The minimum absolute atomic E-state index is 0.0521. The summed E-state index contributed by atoms with van der Waals surface area (Å²) in [6.07, 6.45) is 4.23. The van der Waals surface area contributed by atoms with Gasteiger partial charge in [-0.2, -0.15) is 4.98 Å². The summed E-state index contributed by atoms with van der Waals surface area (Å²) in [4.78, 5) is 15.2. The van der Waals surface area contributed by atoms with Crippen molar-refractivity contribution in [2.45, 2.75) is 23.3 Å². The van der Waals surface area contributed by atoms with Gasteiger partial charge >= 0.3 is 5.69 Å². The van der Waals surface area contributed by atoms with E-state index in [9.17, 15) is 15.0 Å². The number of halogens is 1. The van der Waals surface area contributed by atoms with E-state index < -0.39 is 35.6 Å². The molecule has 1 aromatic rings. The zero-order chi connectivity index (χ0) is 14.2. The molecule has 2 rings (SSSR count). The maximum absolute atomic E-state index is 11.7. The van der Waals surface area contributed by atoms with Crippen LogP contribution >= 0.6 is 11.6 Å². The zero-order valence-corrected chi connectivity index (χ0v) is 10.5. The first-order valence-electron chi connectivity index (χ1n) is 5.38. The number of rotatable bonds is 2. The molecule has 0 bridgehead atoms. The normalized spacial score (nSPS) is 34.1. The fourth-order valence-corrected chi connectivity index (χ4v) is 2.27. The highest BCUT2D eigenvalue weighted by atomic mass is 35.5. The minimum atomic E-state index is -1.64. The Morgan fingerprint density at radius 1 is 1.74 bits per heavy atom. The van der Waals surface area contributed by atoms with Gasteiger partial charge in [-0.3, -0.25) is 4.57 Å². The van der Waals surface area contributed by atoms with Gasteiger partial charge in [0.25, 0.3) is 0 Å². The highest BCUT2D eigenvalue weighted by molar-refractivity contribution is 6.21. The Balaban J connectivity index is 2.43. The SMILES string of the molecule is C#C[C@]1(CO)O[C@@H](n2ccc(N)nc2=O)[C@@H](Cl)[C@@H]1O. The molecule has 102 valence electrons. The van der Waals surface area contributed by atoms with Crippen molar-refractivity contribution >= 4 is 17.4 Å². The van der Waals surface area contributed by atoms with Crippen LogP contribution in [-0.4, -0.2) is 43.5 Å². The van der Waals surface area contributed by atoms with Crippen LogP contribution in [0, 0.1) is 12.3 Å². The Morgan fingerprint density at radius 3 is 2.89 bits per heavy atom. The number of aromatic nitrogens is 2. The number of hydrogen-bond donors (Lipinski definition) is 3. The average Bonchev–Trinajstić information content (AvgIpc) is 2.64. The highest BCUT2D eigenvalue weighted by Gasteiger charge is 2.54. The van der Waals surface area contributed by atoms with Crippen molar-refractivity contribution < 1.29 is 14.9 Å². The number of aliphatic hydroxyl groups excluding tert-OH is 2. The summed E-state index contributed by atoms with van der Waals surface area (Å²) in [5.41, 5.74) is 3.05. The second-order valence-corrected chi connectivity index (χ2v) is 4.64. The van der Waals surface area contributed by atoms with Gasteiger partial charge in [0.1, 0.15) is 17.3 Å². The first-order chi connectivity index (χ1) is 8.95. The molecule has 1 aliphatic rings. The van der Waals surface area contributed by atoms with Crippen molar-refractivity contribution in [2.24, 2.45) is 0 Å². The summed E-state index contributed by atoms with van der Waals surface area (Å²) < 4.78 is 6.45. The molecular formula is C11H12ClN3O4. The van der Waals surface area contributed by atoms with Gasteiger partial charge in [0.15, 0.2) is 11.8 Å². The molecule has 1 fully saturated rings. The number of nitrogens with zero attached hydrogens (tertiary/aromatic N) is 2. The topological polar surface area (TPSA) is 111 Å². The van der Waals surface area contributed by atoms with Gasteiger partial charge in [0.05, 0.1) is 6.61 Å². The first-order valence-corrected chi connectivity index (χ1v) is 5.82. The monoisotopic (exact) mass is 285 g/mol. The molecule has 0 aromatic carbocycles. The van der Waals surface area contributed by atoms with Crippen LogP contribution in [-0.2, 0) is 4.74 Å². The molecule has 0 radical (unpaired) electrons. The number of nitrogen functional groups attached to an aromatic ring is 1. The third kappa shape index (κ3) is 2.09. The number of anilines is 1. The maximum Gasteiger partial charge on any atom is 0.351 e. The lowest BCUT2D eigenvalue weighted by molar-refractivity contribution is -0.0911. The van der Waals surface area contributed by atoms with Crippen LogP contribution in [0.5, 0.6) is 0 Å². The van der Waals surface area contributed by atoms with Gasteiger partial charge in [-0.25, -0.2) is 4.79 Å². The van der Waals surface area contributed by atoms with Gasteiger partial charge in [-0.05, 0) is 6.07 Å². The van der Waals surface area contributed by atoms with E-state index in [0.717, 1.165) is 4.57 Å². The second kappa shape index (κ2) is 4.83. The average molecular weight is 286 g/mol. The summed E-state index contributed by atoms with van der Waals surface area (Å²) in [6.45, 7) is -0.623. The summed E-state index contributed by atoms with van der Waals surface area (Å²) in [7, 11) is 0. The summed E-state index contributed by atoms with van der Waals surface area (Å²) in [5.74, 6) is 2.22. The van der Waals surface area contributed by atoms with Gasteiger partial charge in [0, 0.05) is 6.20 Å². The smallest absolute Gasteiger partial charge is 0.351 e. The molecule has 4 N–H and O–H groups in total. The number of hydrogen-bond acceptors (Lipinski definition) is 6. The van der Waals surface area contributed by atoms with E-state index in [-0.39, 0.29) is 5.82 Å². The van der Waals surface area contributed by atoms with Crippen LogP contribution in [0.25, 0.3) is 0 Å². The van der Waals surface area contributed by atoms with E-state index in [4.69, 9.17) is 28.5 Å². The third-order valence-electron chi connectivity index (χ3n) is 2.99. The third-order valence-corrected chi connectivity index (χ3v) is 3.44. The Labute approximate surface area is 113 Å². The first kappa shape index (κ1) is 13.8. The van der Waals surface area contributed by atoms with Crippen molar-refractivity contribution in [1.82, 2.24) is 9.55 Å². The maximum atomic E-state index is 11.7. The van der Waals surface area contributed by atoms with Crippen molar-refractivity contribution in [3.05, 3.63) is 22.7 Å². The van der Waals surface area contributed by atoms with Gasteiger partial charge in [0.2, 0.25) is 0 Å². The molecule has 1 saturated heterocycles. The predicted molar refractivity (Wildman–Crippen MR) is 67.3 cm³/mol. The van der Waals surface area contributed by atoms with Crippen LogP contribution in [0.4, 0.5) is 5.82 Å². The molecule has 1 aliphatic heterocycles. The molecule has 0 amide bonds. The zero-order valence-electron chi connectivity index (χ0n) is 9.73. The summed E-state index contributed by atoms with van der Waals surface area (Å²) >= 11 is 6.02. The van der Waals surface area contributed by atoms with Crippen LogP contribution in [0.2, 0.25) is 0 Å². The lowest BCUT2D eigenvalue weighted by atomic mass is 9.99. The van der Waals surface area contributed by atoms with E-state index in [1.807, 2.05) is 0 Å². The van der Waals surface area contributed by atoms with Crippen molar-refractivity contribution in [3.8, 4) is 12.3 Å². The quantitative estimate of drug-likeness (QED) is 0.459. The Hall–Kier alpha value is -1.59. The number of aliphatic hydroxyl groups is 2. The van der Waals surface area contributed by atoms with Crippen molar-refractivity contribution in [3.63, 3.8) is 0 Å². The largest absolute Gasteiger partial charge is 0.392 e. The van der Waals surface area contributed by atoms with E-state index >= 15 is 0 Å². The standard InChI is InChI=1S/C11H12ClN3O4/c1-2-11(5-16)8(17)7(12)9(19-11)15-4-3-6(13)14-10(15)18/h1,3-4,7-9,16-17H,5H2,(H2,13,14,18)/t7-,8-,9+,11+/m0/s1. The second-order valence-electron chi connectivity index (χ2n) is 4.13. The summed E-state index contributed by atoms with van der Waals surface area (Å²) in [5, 5.41) is 18.2. The predicted octanol–water partition coefficient (Wildman–Crippen LogP) is -1.31. The fraction of sp³-hybridized carbons (Fsp3) is 0.455. The Kier molecular flexibility index (Phi) is 3.52. The van der Waals surface area contributed by atoms with Crippen LogP contribution < -0.4 is 11.4 Å². The van der Waals surface area contributed by atoms with Crippen LogP contribution in [0.1, 0.15) is 6.23 Å². The van der Waals surface area contributed by atoms with E-state index in [0.29, 0.717) is 0 Å². The van der Waals surface area contributed by atoms with Crippen LogP contribution in [0.3, 0.4) is 0 Å². The van der Waals surface area contributed by atoms with Gasteiger partial charge in [-0.15, -0.1) is 18.0 Å². The number of nitrogens with two attached hydrogens (primary N) is 1. The fourth-order valence-electron chi connectivity index (χ4n) is 1.89. The van der Waals surface area contributed by atoms with Gasteiger partial charge < -0.3 is 20.7 Å². The molecule has 19 heavy (non-hydrogen) atoms. The van der Waals surface area contributed by atoms with E-state index in [2.05, 4.69) is 10.9 Å². The number of terminal acetylenes is 1. The van der Waals surface area contributed by atoms with E-state index in [1.54, 1.807) is 0 Å². The molecule has 1 aromatic heterocycles. The minimum Gasteiger partial charge on any atom is -0.392 e. The molecule has 0 unspecified atom stereocenters. The molecule has 7 nitrogen and oxygen atoms in total. The molecule has 2 heterocycles. The summed E-state index contributed by atoms with van der Waals surface area (Å²) in [6, 6.07) is 1.38. The Bertz CT molecular complexity index is 584. The lowest BCUT2D eigenvalue weighted by Crippen LogP contribution is -2.43. The highest BCUT2D eigenvalue weighted by Crippen LogP contribution is 2.39. The van der Waals surface area contributed by atoms with Crippen molar-refractivity contribution in [2.75, 3.05) is 12.3 Å². The lowest BCUT2D eigenvalue weighted by Gasteiger charge is -2.23. The molecule has 4 atom stereocenters.